The number of aliphatic hydroxyl groups is 1. The zero-order valence-corrected chi connectivity index (χ0v) is 9.39. The lowest BCUT2D eigenvalue weighted by Crippen LogP contribution is -2.27. The van der Waals surface area contributed by atoms with E-state index < -0.39 is 0 Å². The van der Waals surface area contributed by atoms with Crippen LogP contribution in [0.5, 0.6) is 0 Å². The minimum absolute atomic E-state index is 0.0890. The third kappa shape index (κ3) is 4.33. The van der Waals surface area contributed by atoms with Crippen molar-refractivity contribution in [3.8, 4) is 0 Å². The molecule has 0 unspecified atom stereocenters. The van der Waals surface area contributed by atoms with E-state index in [9.17, 15) is 4.79 Å². The Morgan fingerprint density at radius 3 is 2.36 bits per heavy atom. The van der Waals surface area contributed by atoms with E-state index in [1.807, 2.05) is 0 Å². The van der Waals surface area contributed by atoms with Crippen molar-refractivity contribution >= 4 is 17.7 Å². The Bertz CT molecular complexity index is 164. The molecule has 0 aromatic carbocycles. The molecule has 0 aromatic rings. The first-order chi connectivity index (χ1) is 6.84. The molecule has 0 spiro atoms. The summed E-state index contributed by atoms with van der Waals surface area (Å²) in [5.74, 6) is 3.02. The molecule has 1 N–H and O–H groups in total. The standard InChI is InChI=1S/C6H11NO2.C4H8S/c8-5-4-7-3-1-2-6(7)9;1-2-4-5-3-1/h8H,1-5H2;1-4H2. The molecule has 0 aliphatic carbocycles. The number of rotatable bonds is 2. The van der Waals surface area contributed by atoms with E-state index in [1.54, 1.807) is 4.90 Å². The van der Waals surface area contributed by atoms with E-state index in [-0.39, 0.29) is 12.5 Å². The smallest absolute Gasteiger partial charge is 0.222 e. The molecule has 0 atom stereocenters. The molecule has 0 aromatic heterocycles. The molecule has 0 saturated carbocycles. The Balaban J connectivity index is 0.000000165. The van der Waals surface area contributed by atoms with Gasteiger partial charge in [0.25, 0.3) is 0 Å². The van der Waals surface area contributed by atoms with Gasteiger partial charge in [-0.15, -0.1) is 0 Å². The van der Waals surface area contributed by atoms with Gasteiger partial charge in [0.15, 0.2) is 0 Å². The highest BCUT2D eigenvalue weighted by molar-refractivity contribution is 7.99. The lowest BCUT2D eigenvalue weighted by Gasteiger charge is -2.11. The second-order valence-corrected chi connectivity index (χ2v) is 4.75. The molecule has 3 nitrogen and oxygen atoms in total. The van der Waals surface area contributed by atoms with Gasteiger partial charge in [-0.1, -0.05) is 0 Å². The fourth-order valence-corrected chi connectivity index (χ4v) is 2.59. The summed E-state index contributed by atoms with van der Waals surface area (Å²) < 4.78 is 0. The van der Waals surface area contributed by atoms with Crippen LogP contribution >= 0.6 is 11.8 Å². The summed E-state index contributed by atoms with van der Waals surface area (Å²) in [6.07, 6.45) is 4.55. The van der Waals surface area contributed by atoms with Crippen molar-refractivity contribution in [2.45, 2.75) is 25.7 Å². The molecule has 2 fully saturated rings. The van der Waals surface area contributed by atoms with Gasteiger partial charge in [-0.25, -0.2) is 0 Å². The maximum Gasteiger partial charge on any atom is 0.222 e. The van der Waals surface area contributed by atoms with Crippen molar-refractivity contribution in [3.63, 3.8) is 0 Å². The third-order valence-corrected chi connectivity index (χ3v) is 3.52. The van der Waals surface area contributed by atoms with E-state index in [1.165, 1.54) is 24.3 Å². The molecule has 2 rings (SSSR count). The highest BCUT2D eigenvalue weighted by Crippen LogP contribution is 2.14. The summed E-state index contributed by atoms with van der Waals surface area (Å²) in [6.45, 7) is 1.43. The van der Waals surface area contributed by atoms with Crippen LogP contribution in [0.2, 0.25) is 0 Å². The molecule has 4 heteroatoms. The van der Waals surface area contributed by atoms with Crippen molar-refractivity contribution in [2.75, 3.05) is 31.2 Å². The first-order valence-corrected chi connectivity index (χ1v) is 6.46. The summed E-state index contributed by atoms with van der Waals surface area (Å²) in [4.78, 5) is 12.5. The molecule has 14 heavy (non-hydrogen) atoms. The molecular formula is C10H19NO2S. The fourth-order valence-electron chi connectivity index (χ4n) is 1.57. The minimum atomic E-state index is 0.0890. The Labute approximate surface area is 89.9 Å². The van der Waals surface area contributed by atoms with Gasteiger partial charge in [-0.3, -0.25) is 4.79 Å². The molecule has 82 valence electrons. The van der Waals surface area contributed by atoms with Crippen molar-refractivity contribution in [3.05, 3.63) is 0 Å². The van der Waals surface area contributed by atoms with Gasteiger partial charge < -0.3 is 10.0 Å². The molecule has 0 bridgehead atoms. The SMILES string of the molecule is C1CCSC1.O=C1CCCN1CCO. The number of aliphatic hydroxyl groups excluding tert-OH is 1. The first kappa shape index (κ1) is 11.9. The van der Waals surface area contributed by atoms with Crippen LogP contribution in [-0.4, -0.2) is 47.1 Å². The Morgan fingerprint density at radius 1 is 1.29 bits per heavy atom. The first-order valence-electron chi connectivity index (χ1n) is 5.31. The Morgan fingerprint density at radius 2 is 2.00 bits per heavy atom. The number of hydrogen-bond donors (Lipinski definition) is 1. The predicted molar refractivity (Wildman–Crippen MR) is 59.5 cm³/mol. The lowest BCUT2D eigenvalue weighted by molar-refractivity contribution is -0.128. The van der Waals surface area contributed by atoms with Crippen LogP contribution in [0.15, 0.2) is 0 Å². The Kier molecular flexibility index (Phi) is 6.03. The van der Waals surface area contributed by atoms with Crippen LogP contribution in [-0.2, 0) is 4.79 Å². The molecule has 0 radical (unpaired) electrons. The molecule has 2 aliphatic rings. The number of likely N-dealkylation sites (tertiary alicyclic amines) is 1. The molecule has 1 amide bonds. The van der Waals surface area contributed by atoms with E-state index in [0.29, 0.717) is 13.0 Å². The van der Waals surface area contributed by atoms with Crippen LogP contribution in [0.1, 0.15) is 25.7 Å². The van der Waals surface area contributed by atoms with Crippen molar-refractivity contribution in [2.24, 2.45) is 0 Å². The van der Waals surface area contributed by atoms with Crippen molar-refractivity contribution in [1.82, 2.24) is 4.90 Å². The van der Waals surface area contributed by atoms with Crippen LogP contribution in [0.4, 0.5) is 0 Å². The maximum atomic E-state index is 10.8. The lowest BCUT2D eigenvalue weighted by atomic mass is 10.4. The van der Waals surface area contributed by atoms with Crippen LogP contribution < -0.4 is 0 Å². The van der Waals surface area contributed by atoms with E-state index in [0.717, 1.165) is 13.0 Å². The second-order valence-electron chi connectivity index (χ2n) is 3.53. The third-order valence-electron chi connectivity index (χ3n) is 2.37. The largest absolute Gasteiger partial charge is 0.395 e. The number of thioether (sulfide) groups is 1. The molecular weight excluding hydrogens is 198 g/mol. The van der Waals surface area contributed by atoms with E-state index >= 15 is 0 Å². The average molecular weight is 217 g/mol. The minimum Gasteiger partial charge on any atom is -0.395 e. The number of hydrogen-bond acceptors (Lipinski definition) is 3. The summed E-state index contributed by atoms with van der Waals surface area (Å²) in [5, 5.41) is 8.45. The summed E-state index contributed by atoms with van der Waals surface area (Å²) in [5.41, 5.74) is 0. The monoisotopic (exact) mass is 217 g/mol. The molecule has 2 heterocycles. The van der Waals surface area contributed by atoms with Crippen LogP contribution in [0, 0.1) is 0 Å². The maximum absolute atomic E-state index is 10.8. The summed E-state index contributed by atoms with van der Waals surface area (Å²) in [6, 6.07) is 0. The number of carbonyl (C=O) groups excluding carboxylic acids is 1. The zero-order valence-electron chi connectivity index (χ0n) is 8.57. The Hall–Kier alpha value is -0.220. The van der Waals surface area contributed by atoms with E-state index in [2.05, 4.69) is 11.8 Å². The van der Waals surface area contributed by atoms with Crippen molar-refractivity contribution < 1.29 is 9.90 Å². The normalized spacial score (nSPS) is 20.9. The van der Waals surface area contributed by atoms with Gasteiger partial charge in [0, 0.05) is 19.5 Å². The predicted octanol–water partition coefficient (Wildman–Crippen LogP) is 1.11. The number of carbonyl (C=O) groups is 1. The van der Waals surface area contributed by atoms with Crippen molar-refractivity contribution in [1.29, 1.82) is 0 Å². The number of nitrogens with zero attached hydrogens (tertiary/aromatic N) is 1. The van der Waals surface area contributed by atoms with Crippen LogP contribution in [0.3, 0.4) is 0 Å². The highest BCUT2D eigenvalue weighted by atomic mass is 32.2. The van der Waals surface area contributed by atoms with Gasteiger partial charge in [0.2, 0.25) is 5.91 Å². The zero-order chi connectivity index (χ0) is 10.2. The summed E-state index contributed by atoms with van der Waals surface area (Å²) in [7, 11) is 0. The molecule has 2 aliphatic heterocycles. The fraction of sp³-hybridized carbons (Fsp3) is 0.900. The highest BCUT2D eigenvalue weighted by Gasteiger charge is 2.18. The van der Waals surface area contributed by atoms with Gasteiger partial charge in [-0.2, -0.15) is 11.8 Å². The quantitative estimate of drug-likeness (QED) is 0.753. The van der Waals surface area contributed by atoms with Crippen LogP contribution in [0.25, 0.3) is 0 Å². The van der Waals surface area contributed by atoms with Gasteiger partial charge in [-0.05, 0) is 30.8 Å². The average Bonchev–Trinajstić information content (AvgIpc) is 2.81. The van der Waals surface area contributed by atoms with Gasteiger partial charge in [0.1, 0.15) is 0 Å². The second kappa shape index (κ2) is 7.12. The number of amides is 1. The van der Waals surface area contributed by atoms with Gasteiger partial charge in [0.05, 0.1) is 6.61 Å². The topological polar surface area (TPSA) is 40.5 Å². The summed E-state index contributed by atoms with van der Waals surface area (Å²) >= 11 is 2.07. The number of β-amino-alcohol motifs (C(OH)–C–C–N with tert-alkyl or cyclic N) is 1. The van der Waals surface area contributed by atoms with Gasteiger partial charge >= 0.3 is 0 Å². The van der Waals surface area contributed by atoms with E-state index in [4.69, 9.17) is 5.11 Å². The molecule has 2 saturated heterocycles.